The van der Waals surface area contributed by atoms with Gasteiger partial charge in [0, 0.05) is 12.1 Å². The zero-order valence-corrected chi connectivity index (χ0v) is 12.4. The molecular formula is C16H20N4O2. The van der Waals surface area contributed by atoms with E-state index < -0.39 is 5.60 Å². The summed E-state index contributed by atoms with van der Waals surface area (Å²) < 4.78 is 0. The first-order valence-electron chi connectivity index (χ1n) is 7.58. The monoisotopic (exact) mass is 300 g/mol. The van der Waals surface area contributed by atoms with Gasteiger partial charge in [-0.2, -0.15) is 5.10 Å². The summed E-state index contributed by atoms with van der Waals surface area (Å²) in [6.07, 6.45) is 5.11. The van der Waals surface area contributed by atoms with Crippen molar-refractivity contribution in [3.63, 3.8) is 0 Å². The Balaban J connectivity index is 1.57. The second kappa shape index (κ2) is 6.27. The molecule has 6 heteroatoms. The largest absolute Gasteiger partial charge is 0.389 e. The first-order valence-corrected chi connectivity index (χ1v) is 7.58. The van der Waals surface area contributed by atoms with Gasteiger partial charge in [0.1, 0.15) is 6.33 Å². The molecule has 1 aliphatic rings. The number of aliphatic hydroxyl groups is 1. The Morgan fingerprint density at radius 3 is 2.91 bits per heavy atom. The number of nitrogens with one attached hydrogen (secondary N) is 2. The van der Waals surface area contributed by atoms with Crippen LogP contribution in [0, 0.1) is 0 Å². The highest BCUT2D eigenvalue weighted by atomic mass is 16.3. The molecule has 1 aliphatic carbocycles. The SMILES string of the molecule is O=C(CC1(O)CCCC1)NCc1cccc(-c2ncn[nH]2)c1. The van der Waals surface area contributed by atoms with Crippen molar-refractivity contribution in [1.82, 2.24) is 20.5 Å². The van der Waals surface area contributed by atoms with Crippen LogP contribution in [-0.4, -0.2) is 31.8 Å². The predicted molar refractivity (Wildman–Crippen MR) is 81.7 cm³/mol. The number of amides is 1. The Morgan fingerprint density at radius 1 is 1.36 bits per heavy atom. The molecule has 2 aromatic rings. The highest BCUT2D eigenvalue weighted by Crippen LogP contribution is 2.32. The lowest BCUT2D eigenvalue weighted by molar-refractivity contribution is -0.126. The average molecular weight is 300 g/mol. The summed E-state index contributed by atoms with van der Waals surface area (Å²) in [5.74, 6) is 0.600. The van der Waals surface area contributed by atoms with Crippen LogP contribution in [0.15, 0.2) is 30.6 Å². The summed E-state index contributed by atoms with van der Waals surface area (Å²) >= 11 is 0. The third kappa shape index (κ3) is 3.51. The van der Waals surface area contributed by atoms with Crippen molar-refractivity contribution in [3.05, 3.63) is 36.2 Å². The topological polar surface area (TPSA) is 90.9 Å². The van der Waals surface area contributed by atoms with Crippen LogP contribution in [0.25, 0.3) is 11.4 Å². The number of carbonyl (C=O) groups excluding carboxylic acids is 1. The minimum absolute atomic E-state index is 0.102. The summed E-state index contributed by atoms with van der Waals surface area (Å²) in [6.45, 7) is 0.441. The lowest BCUT2D eigenvalue weighted by Crippen LogP contribution is -2.34. The first-order chi connectivity index (χ1) is 10.6. The minimum Gasteiger partial charge on any atom is -0.389 e. The number of aromatic nitrogens is 3. The van der Waals surface area contributed by atoms with E-state index in [2.05, 4.69) is 20.5 Å². The molecule has 0 bridgehead atoms. The number of nitrogens with zero attached hydrogens (tertiary/aromatic N) is 2. The van der Waals surface area contributed by atoms with E-state index in [0.717, 1.165) is 36.8 Å². The number of aromatic amines is 1. The molecule has 0 spiro atoms. The van der Waals surface area contributed by atoms with Gasteiger partial charge in [0.05, 0.1) is 12.0 Å². The second-order valence-corrected chi connectivity index (χ2v) is 5.92. The van der Waals surface area contributed by atoms with Gasteiger partial charge in [0.2, 0.25) is 5.91 Å². The maximum Gasteiger partial charge on any atom is 0.223 e. The number of H-pyrrole nitrogens is 1. The lowest BCUT2D eigenvalue weighted by atomic mass is 9.97. The molecule has 1 aromatic carbocycles. The zero-order valence-electron chi connectivity index (χ0n) is 12.4. The van der Waals surface area contributed by atoms with Crippen LogP contribution in [0.2, 0.25) is 0 Å². The van der Waals surface area contributed by atoms with Gasteiger partial charge in [0.15, 0.2) is 5.82 Å². The molecule has 1 amide bonds. The third-order valence-corrected chi connectivity index (χ3v) is 4.13. The number of rotatable bonds is 5. The lowest BCUT2D eigenvalue weighted by Gasteiger charge is -2.21. The fraction of sp³-hybridized carbons (Fsp3) is 0.438. The molecule has 6 nitrogen and oxygen atoms in total. The maximum atomic E-state index is 12.0. The molecule has 3 N–H and O–H groups in total. The molecular weight excluding hydrogens is 280 g/mol. The Labute approximate surface area is 129 Å². The van der Waals surface area contributed by atoms with Gasteiger partial charge >= 0.3 is 0 Å². The Hall–Kier alpha value is -2.21. The Kier molecular flexibility index (Phi) is 4.20. The van der Waals surface area contributed by atoms with E-state index in [4.69, 9.17) is 0 Å². The summed E-state index contributed by atoms with van der Waals surface area (Å²) in [5.41, 5.74) is 1.12. The Bertz CT molecular complexity index is 633. The molecule has 0 atom stereocenters. The van der Waals surface area contributed by atoms with Crippen LogP contribution in [-0.2, 0) is 11.3 Å². The van der Waals surface area contributed by atoms with Gasteiger partial charge < -0.3 is 10.4 Å². The number of carbonyl (C=O) groups is 1. The molecule has 0 saturated heterocycles. The highest BCUT2D eigenvalue weighted by Gasteiger charge is 2.33. The van der Waals surface area contributed by atoms with Gasteiger partial charge in [-0.3, -0.25) is 9.89 Å². The van der Waals surface area contributed by atoms with E-state index >= 15 is 0 Å². The van der Waals surface area contributed by atoms with Crippen LogP contribution in [0.1, 0.15) is 37.7 Å². The smallest absolute Gasteiger partial charge is 0.223 e. The molecule has 22 heavy (non-hydrogen) atoms. The summed E-state index contributed by atoms with van der Waals surface area (Å²) in [7, 11) is 0. The van der Waals surface area contributed by atoms with Gasteiger partial charge in [-0.05, 0) is 24.5 Å². The van der Waals surface area contributed by atoms with Crippen LogP contribution >= 0.6 is 0 Å². The molecule has 0 radical (unpaired) electrons. The fourth-order valence-electron chi connectivity index (χ4n) is 2.95. The van der Waals surface area contributed by atoms with Crippen molar-refractivity contribution in [2.45, 2.75) is 44.2 Å². The van der Waals surface area contributed by atoms with Crippen molar-refractivity contribution in [2.75, 3.05) is 0 Å². The van der Waals surface area contributed by atoms with Crippen LogP contribution in [0.3, 0.4) is 0 Å². The van der Waals surface area contributed by atoms with Crippen molar-refractivity contribution in [2.24, 2.45) is 0 Å². The summed E-state index contributed by atoms with van der Waals surface area (Å²) in [6, 6.07) is 7.77. The van der Waals surface area contributed by atoms with Crippen molar-refractivity contribution in [3.8, 4) is 11.4 Å². The molecule has 1 saturated carbocycles. The number of hydrogen-bond donors (Lipinski definition) is 3. The maximum absolute atomic E-state index is 12.0. The van der Waals surface area contributed by atoms with E-state index in [1.165, 1.54) is 6.33 Å². The molecule has 1 fully saturated rings. The molecule has 0 aliphatic heterocycles. The molecule has 1 aromatic heterocycles. The standard InChI is InChI=1S/C16H20N4O2/c21-14(9-16(22)6-1-2-7-16)17-10-12-4-3-5-13(8-12)15-18-11-19-20-15/h3-5,8,11,22H,1-2,6-7,9-10H2,(H,17,21)(H,18,19,20). The third-order valence-electron chi connectivity index (χ3n) is 4.13. The second-order valence-electron chi connectivity index (χ2n) is 5.92. The van der Waals surface area contributed by atoms with Gasteiger partial charge in [-0.15, -0.1) is 0 Å². The van der Waals surface area contributed by atoms with Crippen molar-refractivity contribution >= 4 is 5.91 Å². The van der Waals surface area contributed by atoms with E-state index in [-0.39, 0.29) is 12.3 Å². The minimum atomic E-state index is -0.800. The summed E-state index contributed by atoms with van der Waals surface area (Å²) in [4.78, 5) is 16.1. The van der Waals surface area contributed by atoms with Crippen LogP contribution in [0.4, 0.5) is 0 Å². The summed E-state index contributed by atoms with van der Waals surface area (Å²) in [5, 5.41) is 19.8. The number of hydrogen-bond acceptors (Lipinski definition) is 4. The van der Waals surface area contributed by atoms with Crippen molar-refractivity contribution < 1.29 is 9.90 Å². The quantitative estimate of drug-likeness (QED) is 0.785. The van der Waals surface area contributed by atoms with Gasteiger partial charge in [-0.1, -0.05) is 31.0 Å². The molecule has 3 rings (SSSR count). The van der Waals surface area contributed by atoms with E-state index in [9.17, 15) is 9.90 Å². The fourth-order valence-corrected chi connectivity index (χ4v) is 2.95. The van der Waals surface area contributed by atoms with E-state index in [1.807, 2.05) is 24.3 Å². The van der Waals surface area contributed by atoms with Gasteiger partial charge in [-0.25, -0.2) is 4.98 Å². The van der Waals surface area contributed by atoms with Crippen LogP contribution < -0.4 is 5.32 Å². The zero-order chi connectivity index (χ0) is 15.4. The normalized spacial score (nSPS) is 16.6. The Morgan fingerprint density at radius 2 is 2.18 bits per heavy atom. The van der Waals surface area contributed by atoms with Crippen LogP contribution in [0.5, 0.6) is 0 Å². The van der Waals surface area contributed by atoms with Gasteiger partial charge in [0.25, 0.3) is 0 Å². The molecule has 1 heterocycles. The highest BCUT2D eigenvalue weighted by molar-refractivity contribution is 5.77. The van der Waals surface area contributed by atoms with E-state index in [1.54, 1.807) is 0 Å². The first kappa shape index (κ1) is 14.7. The van der Waals surface area contributed by atoms with E-state index in [0.29, 0.717) is 12.4 Å². The average Bonchev–Trinajstić information content (AvgIpc) is 3.17. The predicted octanol–water partition coefficient (Wildman–Crippen LogP) is 1.78. The van der Waals surface area contributed by atoms with Crippen molar-refractivity contribution in [1.29, 1.82) is 0 Å². The molecule has 116 valence electrons. The number of benzene rings is 1. The molecule has 0 unspecified atom stereocenters.